The first-order valence-electron chi connectivity index (χ1n) is 10.2. The van der Waals surface area contributed by atoms with Gasteiger partial charge in [-0.05, 0) is 37.3 Å². The fourth-order valence-electron chi connectivity index (χ4n) is 3.18. The molecule has 0 unspecified atom stereocenters. The molecule has 4 rings (SSSR count). The van der Waals surface area contributed by atoms with Crippen LogP contribution in [0, 0.1) is 6.92 Å². The van der Waals surface area contributed by atoms with Crippen LogP contribution in [0.1, 0.15) is 21.7 Å². The summed E-state index contributed by atoms with van der Waals surface area (Å²) in [6.07, 6.45) is 0. The highest BCUT2D eigenvalue weighted by molar-refractivity contribution is 5.94. The maximum Gasteiger partial charge on any atom is 0.327 e. The summed E-state index contributed by atoms with van der Waals surface area (Å²) in [7, 11) is 4.87. The quantitative estimate of drug-likeness (QED) is 0.275. The molecule has 0 bridgehead atoms. The zero-order valence-corrected chi connectivity index (χ0v) is 19.1. The lowest BCUT2D eigenvalue weighted by atomic mass is 10.2. The van der Waals surface area contributed by atoms with E-state index in [1.54, 1.807) is 63.5 Å². The number of aryl methyl sites for hydroxylation is 1. The second-order valence-electron chi connectivity index (χ2n) is 7.58. The van der Waals surface area contributed by atoms with Gasteiger partial charge in [-0.25, -0.2) is 4.98 Å². The minimum Gasteiger partial charge on any atom is -0.493 e. The zero-order valence-electron chi connectivity index (χ0n) is 19.1. The van der Waals surface area contributed by atoms with Crippen LogP contribution in [0.4, 0.5) is 0 Å². The lowest BCUT2D eigenvalue weighted by Gasteiger charge is -2.12. The molecule has 1 amide bonds. The molecule has 2 aromatic carbocycles. The van der Waals surface area contributed by atoms with Crippen LogP contribution in [-0.4, -0.2) is 57.8 Å². The molecule has 0 radical (unpaired) electrons. The highest BCUT2D eigenvalue weighted by Gasteiger charge is 2.18. The number of nitrogens with one attached hydrogen (secondary N) is 1. The Hall–Kier alpha value is -4.67. The van der Waals surface area contributed by atoms with Crippen LogP contribution in [0.25, 0.3) is 11.2 Å². The van der Waals surface area contributed by atoms with Gasteiger partial charge in [-0.1, -0.05) is 6.07 Å². The zero-order chi connectivity index (χ0) is 24.4. The number of amidine groups is 1. The van der Waals surface area contributed by atoms with E-state index in [-0.39, 0.29) is 23.6 Å². The Morgan fingerprint density at radius 1 is 1.03 bits per heavy atom. The highest BCUT2D eigenvalue weighted by atomic mass is 16.5. The summed E-state index contributed by atoms with van der Waals surface area (Å²) in [5.41, 5.74) is 7.57. The first-order valence-corrected chi connectivity index (χ1v) is 10.2. The Balaban J connectivity index is 1.74. The van der Waals surface area contributed by atoms with Crippen molar-refractivity contribution < 1.29 is 24.4 Å². The molecule has 0 aliphatic rings. The fourth-order valence-corrected chi connectivity index (χ4v) is 3.18. The number of carbonyl (C=O) groups is 1. The number of fused-ring (bicyclic) bond motifs is 1. The number of methoxy groups -OCH3 is 1. The van der Waals surface area contributed by atoms with Gasteiger partial charge < -0.3 is 24.1 Å². The lowest BCUT2D eigenvalue weighted by Crippen LogP contribution is -2.46. The van der Waals surface area contributed by atoms with Gasteiger partial charge in [0.25, 0.3) is 17.6 Å². The van der Waals surface area contributed by atoms with Gasteiger partial charge in [-0.3, -0.25) is 15.9 Å². The second kappa shape index (κ2) is 9.06. The van der Waals surface area contributed by atoms with Crippen LogP contribution in [-0.2, 0) is 0 Å². The maximum absolute atomic E-state index is 12.3. The van der Waals surface area contributed by atoms with Gasteiger partial charge in [0, 0.05) is 25.7 Å². The average molecular weight is 462 g/mol. The van der Waals surface area contributed by atoms with Crippen molar-refractivity contribution in [2.75, 3.05) is 21.2 Å². The van der Waals surface area contributed by atoms with Crippen LogP contribution in [0.3, 0.4) is 0 Å². The van der Waals surface area contributed by atoms with E-state index < -0.39 is 0 Å². The van der Waals surface area contributed by atoms with Crippen molar-refractivity contribution in [2.45, 2.75) is 6.92 Å². The molecule has 0 saturated carbocycles. The fraction of sp³-hybridized carbons (Fsp3) is 0.174. The summed E-state index contributed by atoms with van der Waals surface area (Å²) < 4.78 is 17.3. The molecular weight excluding hydrogens is 438 g/mol. The molecule has 2 aromatic heterocycles. The number of amides is 1. The first-order chi connectivity index (χ1) is 16.2. The predicted octanol–water partition coefficient (Wildman–Crippen LogP) is 1.42. The number of benzene rings is 2. The van der Waals surface area contributed by atoms with Gasteiger partial charge in [-0.2, -0.15) is 9.97 Å². The Bertz CT molecular complexity index is 1400. The number of aromatic nitrogens is 4. The Labute approximate surface area is 195 Å². The number of hydrogen-bond acceptors (Lipinski definition) is 7. The number of hydrogen-bond donors (Lipinski definition) is 3. The molecule has 0 saturated heterocycles. The van der Waals surface area contributed by atoms with Crippen LogP contribution in [0.5, 0.6) is 29.1 Å². The maximum atomic E-state index is 12.3. The van der Waals surface area contributed by atoms with Gasteiger partial charge in [0.15, 0.2) is 17.1 Å². The highest BCUT2D eigenvalue weighted by Crippen LogP contribution is 2.34. The third-order valence-corrected chi connectivity index (χ3v) is 4.82. The third-order valence-electron chi connectivity index (χ3n) is 4.82. The van der Waals surface area contributed by atoms with E-state index in [0.717, 1.165) is 0 Å². The van der Waals surface area contributed by atoms with Crippen LogP contribution >= 0.6 is 0 Å². The monoisotopic (exact) mass is 462 g/mol. The Morgan fingerprint density at radius 3 is 2.53 bits per heavy atom. The smallest absolute Gasteiger partial charge is 0.327 e. The summed E-state index contributed by atoms with van der Waals surface area (Å²) >= 11 is 0. The van der Waals surface area contributed by atoms with Crippen LogP contribution in [0.15, 0.2) is 42.5 Å². The molecule has 0 spiro atoms. The van der Waals surface area contributed by atoms with Crippen molar-refractivity contribution in [2.24, 2.45) is 5.73 Å². The average Bonchev–Trinajstić information content (AvgIpc) is 3.19. The number of imidazole rings is 1. The molecule has 34 heavy (non-hydrogen) atoms. The van der Waals surface area contributed by atoms with E-state index >= 15 is 0 Å². The predicted molar refractivity (Wildman–Crippen MR) is 124 cm³/mol. The van der Waals surface area contributed by atoms with Gasteiger partial charge in [0.2, 0.25) is 0 Å². The van der Waals surface area contributed by atoms with Crippen molar-refractivity contribution in [3.63, 3.8) is 0 Å². The van der Waals surface area contributed by atoms with E-state index in [1.165, 1.54) is 12.0 Å². The largest absolute Gasteiger partial charge is 0.493 e. The van der Waals surface area contributed by atoms with Crippen LogP contribution in [0.2, 0.25) is 0 Å². The van der Waals surface area contributed by atoms with E-state index in [4.69, 9.17) is 25.4 Å². The molecule has 0 aliphatic carbocycles. The van der Waals surface area contributed by atoms with E-state index in [2.05, 4.69) is 19.9 Å². The number of rotatable bonds is 7. The number of nitrogens with zero attached hydrogens (tertiary/aromatic N) is 4. The number of ether oxygens (including phenoxy) is 3. The van der Waals surface area contributed by atoms with E-state index in [0.29, 0.717) is 45.4 Å². The van der Waals surface area contributed by atoms with E-state index in [9.17, 15) is 4.79 Å². The van der Waals surface area contributed by atoms with Crippen molar-refractivity contribution in [3.05, 3.63) is 59.4 Å². The summed E-state index contributed by atoms with van der Waals surface area (Å²) in [5, 5.41) is 5.71. The summed E-state index contributed by atoms with van der Waals surface area (Å²) in [4.78, 5) is 30.1. The van der Waals surface area contributed by atoms with Gasteiger partial charge in [-0.15, -0.1) is 0 Å². The van der Waals surface area contributed by atoms with E-state index in [1.807, 2.05) is 0 Å². The molecule has 0 atom stereocenters. The molecule has 4 aromatic rings. The Kier molecular flexibility index (Phi) is 6.00. The molecule has 2 heterocycles. The SMILES string of the molecule is COc1ccc(C(N)=[NH2+])cc1Oc1nc(Oc2cccc(C(=O)N(C)C)c2)c2[nH]c(C)nc2n1. The molecule has 5 N–H and O–H groups in total. The molecule has 174 valence electrons. The third kappa shape index (κ3) is 4.58. The lowest BCUT2D eigenvalue weighted by molar-refractivity contribution is -0.114. The molecule has 0 fully saturated rings. The Morgan fingerprint density at radius 2 is 1.82 bits per heavy atom. The number of H-pyrrole nitrogens is 1. The topological polar surface area (TPSA) is 154 Å². The molecule has 0 aliphatic heterocycles. The summed E-state index contributed by atoms with van der Waals surface area (Å²) in [6.45, 7) is 1.79. The molecule has 11 nitrogen and oxygen atoms in total. The summed E-state index contributed by atoms with van der Waals surface area (Å²) in [5.74, 6) is 1.93. The first kappa shape index (κ1) is 22.5. The van der Waals surface area contributed by atoms with Crippen LogP contribution < -0.4 is 25.4 Å². The standard InChI is InChI=1S/C23H23N7O4/c1-12-26-18-20(27-12)28-23(34-17-11-13(19(24)25)8-9-16(17)32-4)29-21(18)33-15-7-5-6-14(10-15)22(31)30(2)3/h5-11H,1-4H3,(H3,24,25)(H,26,27,28,29)/p+1. The van der Waals surface area contributed by atoms with Gasteiger partial charge >= 0.3 is 6.01 Å². The van der Waals surface area contributed by atoms with Crippen molar-refractivity contribution in [3.8, 4) is 29.1 Å². The number of nitrogens with two attached hydrogens (primary N) is 2. The summed E-state index contributed by atoms with van der Waals surface area (Å²) in [6, 6.07) is 11.8. The van der Waals surface area contributed by atoms with Crippen molar-refractivity contribution in [1.29, 1.82) is 0 Å². The second-order valence-corrected chi connectivity index (χ2v) is 7.58. The number of aromatic amines is 1. The molecule has 11 heteroatoms. The minimum absolute atomic E-state index is 0.0273. The van der Waals surface area contributed by atoms with Crippen molar-refractivity contribution >= 4 is 22.9 Å². The van der Waals surface area contributed by atoms with Gasteiger partial charge in [0.1, 0.15) is 17.1 Å². The normalized spacial score (nSPS) is 10.7. The molecular formula is C23H24N7O4+. The van der Waals surface area contributed by atoms with Gasteiger partial charge in [0.05, 0.1) is 12.7 Å². The van der Waals surface area contributed by atoms with Crippen molar-refractivity contribution in [1.82, 2.24) is 24.8 Å². The minimum atomic E-state index is -0.150. The number of carbonyl (C=O) groups excluding carboxylic acids is 1.